The van der Waals surface area contributed by atoms with Crippen LogP contribution in [0.5, 0.6) is 11.8 Å². The van der Waals surface area contributed by atoms with Crippen LogP contribution in [0.4, 0.5) is 0 Å². The molecule has 1 unspecified atom stereocenters. The first-order valence-electron chi connectivity index (χ1n) is 7.39. The number of aromatic hydroxyl groups is 1. The molecule has 0 radical (unpaired) electrons. The fraction of sp³-hybridized carbons (Fsp3) is 0.235. The molecular weight excluding hydrogens is 473 g/mol. The van der Waals surface area contributed by atoms with E-state index in [9.17, 15) is 5.11 Å². The van der Waals surface area contributed by atoms with E-state index in [0.717, 1.165) is 11.1 Å². The van der Waals surface area contributed by atoms with E-state index in [0.29, 0.717) is 20.5 Å². The number of rotatable bonds is 6. The topological polar surface area (TPSA) is 68.1 Å². The van der Waals surface area contributed by atoms with Crippen molar-refractivity contribution < 1.29 is 9.84 Å². The third kappa shape index (κ3) is 5.26. The second-order valence-corrected chi connectivity index (χ2v) is 7.04. The lowest BCUT2D eigenvalue weighted by atomic mass is 10.1. The largest absolute Gasteiger partial charge is 0.506 e. The highest BCUT2D eigenvalue weighted by Crippen LogP contribution is 2.36. The van der Waals surface area contributed by atoms with Gasteiger partial charge in [-0.15, -0.1) is 16.7 Å². The number of ether oxygens (including phenoxy) is 1. The van der Waals surface area contributed by atoms with Crippen LogP contribution >= 0.6 is 43.5 Å². The van der Waals surface area contributed by atoms with Crippen LogP contribution in [0.15, 0.2) is 51.1 Å². The van der Waals surface area contributed by atoms with Crippen molar-refractivity contribution in [1.82, 2.24) is 15.2 Å². The smallest absolute Gasteiger partial charge is 0.336 e. The molecule has 1 atom stereocenters. The van der Waals surface area contributed by atoms with E-state index < -0.39 is 0 Å². The summed E-state index contributed by atoms with van der Waals surface area (Å²) in [6, 6.07) is 3.67. The van der Waals surface area contributed by atoms with Crippen molar-refractivity contribution in [1.29, 1.82) is 0 Å². The number of phenols is 1. The summed E-state index contributed by atoms with van der Waals surface area (Å²) in [5.41, 5.74) is 2.30. The lowest BCUT2D eigenvalue weighted by molar-refractivity contribution is 0.236. The molecule has 132 valence electrons. The Morgan fingerprint density at radius 3 is 2.52 bits per heavy atom. The Labute approximate surface area is 168 Å². The molecule has 1 heterocycles. The molecule has 0 saturated heterocycles. The van der Waals surface area contributed by atoms with Gasteiger partial charge >= 0.3 is 6.01 Å². The van der Waals surface area contributed by atoms with E-state index in [2.05, 4.69) is 47.0 Å². The monoisotopic (exact) mass is 487 g/mol. The Morgan fingerprint density at radius 2 is 2.00 bits per heavy atom. The van der Waals surface area contributed by atoms with Gasteiger partial charge in [-0.3, -0.25) is 0 Å². The minimum Gasteiger partial charge on any atom is -0.506 e. The van der Waals surface area contributed by atoms with Gasteiger partial charge in [0.15, 0.2) is 0 Å². The van der Waals surface area contributed by atoms with Crippen molar-refractivity contribution in [3.05, 3.63) is 51.1 Å². The van der Waals surface area contributed by atoms with Crippen LogP contribution in [-0.2, 0) is 0 Å². The van der Waals surface area contributed by atoms with Crippen molar-refractivity contribution in [2.24, 2.45) is 0 Å². The maximum absolute atomic E-state index is 9.77. The lowest BCUT2D eigenvalue weighted by Crippen LogP contribution is -2.16. The molecule has 0 bridgehead atoms. The standard InChI is InChI=1S/C17H16Br2ClN3O2/c1-3-11(5-4-6-20)10(2)25-17-21-9-15(22-23-17)12-7-13(18)16(24)14(19)8-12/h3-5,7-10,24H,6H2,1-2H3/b5-4-,11-3+. The van der Waals surface area contributed by atoms with Gasteiger partial charge in [0, 0.05) is 11.4 Å². The number of hydrogen-bond donors (Lipinski definition) is 1. The molecule has 0 amide bonds. The maximum atomic E-state index is 9.77. The summed E-state index contributed by atoms with van der Waals surface area (Å²) in [6.07, 6.45) is 7.05. The minimum absolute atomic E-state index is 0.127. The van der Waals surface area contributed by atoms with Crippen LogP contribution in [-0.4, -0.2) is 32.3 Å². The third-order valence-corrected chi connectivity index (χ3v) is 4.72. The first kappa shape index (κ1) is 19.9. The third-order valence-electron chi connectivity index (χ3n) is 3.34. The zero-order valence-electron chi connectivity index (χ0n) is 13.6. The molecule has 0 saturated carbocycles. The van der Waals surface area contributed by atoms with Crippen molar-refractivity contribution in [2.75, 3.05) is 5.88 Å². The highest BCUT2D eigenvalue weighted by atomic mass is 79.9. The molecule has 5 nitrogen and oxygen atoms in total. The summed E-state index contributed by atoms with van der Waals surface area (Å²) in [4.78, 5) is 4.21. The second kappa shape index (κ2) is 9.31. The molecule has 2 aromatic rings. The van der Waals surface area contributed by atoms with Gasteiger partial charge in [0.05, 0.1) is 15.1 Å². The van der Waals surface area contributed by atoms with Gasteiger partial charge in [-0.05, 0) is 63.4 Å². The zero-order chi connectivity index (χ0) is 18.4. The van der Waals surface area contributed by atoms with Gasteiger partial charge in [-0.25, -0.2) is 4.98 Å². The van der Waals surface area contributed by atoms with Gasteiger partial charge in [0.1, 0.15) is 17.5 Å². The SMILES string of the molecule is C/C=C(\C=C/CCl)C(C)Oc1ncc(-c2cc(Br)c(O)c(Br)c2)nn1. The van der Waals surface area contributed by atoms with E-state index in [1.807, 2.05) is 32.1 Å². The highest BCUT2D eigenvalue weighted by Gasteiger charge is 2.12. The molecule has 2 rings (SSSR count). The quantitative estimate of drug-likeness (QED) is 0.442. The molecule has 1 N–H and O–H groups in total. The highest BCUT2D eigenvalue weighted by molar-refractivity contribution is 9.11. The molecular formula is C17H16Br2ClN3O2. The molecule has 0 spiro atoms. The minimum atomic E-state index is -0.228. The van der Waals surface area contributed by atoms with Gasteiger partial charge in [0.25, 0.3) is 0 Å². The molecule has 0 aliphatic carbocycles. The number of halogens is 3. The Bertz CT molecular complexity index is 772. The van der Waals surface area contributed by atoms with Crippen LogP contribution < -0.4 is 4.74 Å². The summed E-state index contributed by atoms with van der Waals surface area (Å²) in [7, 11) is 0. The van der Waals surface area contributed by atoms with E-state index in [-0.39, 0.29) is 17.9 Å². The summed E-state index contributed by atoms with van der Waals surface area (Å²) in [5, 5.41) is 17.9. The van der Waals surface area contributed by atoms with Gasteiger partial charge < -0.3 is 9.84 Å². The zero-order valence-corrected chi connectivity index (χ0v) is 17.5. The Morgan fingerprint density at radius 1 is 1.32 bits per heavy atom. The number of alkyl halides is 1. The van der Waals surface area contributed by atoms with E-state index >= 15 is 0 Å². The van der Waals surface area contributed by atoms with E-state index in [4.69, 9.17) is 16.3 Å². The Balaban J connectivity index is 2.16. The first-order chi connectivity index (χ1) is 12.0. The molecule has 25 heavy (non-hydrogen) atoms. The van der Waals surface area contributed by atoms with Crippen molar-refractivity contribution in [2.45, 2.75) is 20.0 Å². The number of nitrogens with zero attached hydrogens (tertiary/aromatic N) is 3. The molecule has 0 aliphatic heterocycles. The summed E-state index contributed by atoms with van der Waals surface area (Å²) in [6.45, 7) is 3.83. The van der Waals surface area contributed by atoms with Crippen LogP contribution in [0.3, 0.4) is 0 Å². The van der Waals surface area contributed by atoms with Crippen LogP contribution in [0, 0.1) is 0 Å². The normalized spacial score (nSPS) is 13.2. The molecule has 0 fully saturated rings. The first-order valence-corrected chi connectivity index (χ1v) is 9.51. The maximum Gasteiger partial charge on any atom is 0.336 e. The predicted molar refractivity (Wildman–Crippen MR) is 106 cm³/mol. The van der Waals surface area contributed by atoms with Crippen molar-refractivity contribution in [3.63, 3.8) is 0 Å². The van der Waals surface area contributed by atoms with E-state index in [1.54, 1.807) is 18.3 Å². The van der Waals surface area contributed by atoms with E-state index in [1.165, 1.54) is 0 Å². The summed E-state index contributed by atoms with van der Waals surface area (Å²) < 4.78 is 6.82. The fourth-order valence-corrected chi connectivity index (χ4v) is 3.31. The average molecular weight is 490 g/mol. The number of phenolic OH excluding ortho intramolecular Hbond substituents is 1. The van der Waals surface area contributed by atoms with Gasteiger partial charge in [-0.2, -0.15) is 0 Å². The average Bonchev–Trinajstić information content (AvgIpc) is 2.60. The predicted octanol–water partition coefficient (Wildman–Crippen LogP) is 5.28. The fourth-order valence-electron chi connectivity index (χ4n) is 2.04. The number of aromatic nitrogens is 3. The number of benzene rings is 1. The number of hydrogen-bond acceptors (Lipinski definition) is 5. The molecule has 1 aromatic carbocycles. The summed E-state index contributed by atoms with van der Waals surface area (Å²) in [5.74, 6) is 0.566. The van der Waals surface area contributed by atoms with Crippen molar-refractivity contribution in [3.8, 4) is 23.0 Å². The lowest BCUT2D eigenvalue weighted by Gasteiger charge is -2.14. The number of allylic oxidation sites excluding steroid dienone is 2. The second-order valence-electron chi connectivity index (χ2n) is 5.02. The molecule has 1 aromatic heterocycles. The van der Waals surface area contributed by atoms with Crippen LogP contribution in [0.2, 0.25) is 0 Å². The van der Waals surface area contributed by atoms with Crippen LogP contribution in [0.25, 0.3) is 11.3 Å². The van der Waals surface area contributed by atoms with Gasteiger partial charge in [-0.1, -0.05) is 23.3 Å². The molecule has 8 heteroatoms. The van der Waals surface area contributed by atoms with Gasteiger partial charge in [0.2, 0.25) is 0 Å². The summed E-state index contributed by atoms with van der Waals surface area (Å²) >= 11 is 12.2. The van der Waals surface area contributed by atoms with Crippen molar-refractivity contribution >= 4 is 43.5 Å². The Hall–Kier alpha value is -1.44. The Kier molecular flexibility index (Phi) is 7.40. The van der Waals surface area contributed by atoms with Crippen LogP contribution in [0.1, 0.15) is 13.8 Å². The molecule has 0 aliphatic rings.